The van der Waals surface area contributed by atoms with E-state index in [2.05, 4.69) is 37.2 Å². The largest absolute Gasteiger partial charge is 0.494 e. The van der Waals surface area contributed by atoms with Crippen molar-refractivity contribution >= 4 is 55.4 Å². The maximum absolute atomic E-state index is 14.3. The number of hydrogen-bond acceptors (Lipinski definition) is 6. The quantitative estimate of drug-likeness (QED) is 0.129. The first kappa shape index (κ1) is 33.2. The molecule has 1 amide bonds. The Labute approximate surface area is 283 Å². The first-order valence-electron chi connectivity index (χ1n) is 14.6. The highest BCUT2D eigenvalue weighted by atomic mass is 79.9. The summed E-state index contributed by atoms with van der Waals surface area (Å²) in [5.41, 5.74) is 2.25. The van der Waals surface area contributed by atoms with Crippen molar-refractivity contribution in [2.45, 2.75) is 30.2 Å². The number of carbonyl (C=O) groups is 1. The zero-order valence-electron chi connectivity index (χ0n) is 24.4. The van der Waals surface area contributed by atoms with Crippen LogP contribution in [0.25, 0.3) is 0 Å². The summed E-state index contributed by atoms with van der Waals surface area (Å²) < 4.78 is 27.4. The second-order valence-electron chi connectivity index (χ2n) is 10.6. The van der Waals surface area contributed by atoms with Gasteiger partial charge in [-0.05, 0) is 77.4 Å². The summed E-state index contributed by atoms with van der Waals surface area (Å²) in [7, 11) is 0. The van der Waals surface area contributed by atoms with E-state index in [1.165, 1.54) is 12.1 Å². The number of aliphatic hydroxyl groups is 1. The highest BCUT2D eigenvalue weighted by Crippen LogP contribution is 2.43. The Hall–Kier alpha value is -3.18. The van der Waals surface area contributed by atoms with E-state index in [4.69, 9.17) is 19.6 Å². The van der Waals surface area contributed by atoms with Crippen LogP contribution in [0, 0.1) is 5.82 Å². The summed E-state index contributed by atoms with van der Waals surface area (Å²) in [5, 5.41) is 12.2. The molecule has 0 unspecified atom stereocenters. The van der Waals surface area contributed by atoms with Gasteiger partial charge in [-0.1, -0.05) is 68.3 Å². The Morgan fingerprint density at radius 2 is 1.58 bits per heavy atom. The number of hydrogen-bond donors (Lipinski definition) is 2. The van der Waals surface area contributed by atoms with Crippen molar-refractivity contribution < 1.29 is 23.8 Å². The molecule has 1 aliphatic rings. The van der Waals surface area contributed by atoms with Crippen molar-refractivity contribution in [3.8, 4) is 5.75 Å². The topological polar surface area (TPSA) is 80.2 Å². The normalized spacial score (nSPS) is 17.4. The monoisotopic (exact) mass is 754 g/mol. The van der Waals surface area contributed by atoms with E-state index in [0.717, 1.165) is 31.2 Å². The summed E-state index contributed by atoms with van der Waals surface area (Å²) >= 11 is 8.70. The van der Waals surface area contributed by atoms with Crippen LogP contribution >= 0.6 is 43.6 Å². The van der Waals surface area contributed by atoms with E-state index in [1.807, 2.05) is 72.8 Å². The molecule has 1 heterocycles. The highest BCUT2D eigenvalue weighted by Gasteiger charge is 2.53. The number of nitrogens with zero attached hydrogens (tertiary/aromatic N) is 1. The predicted octanol–water partition coefficient (Wildman–Crippen LogP) is 7.66. The highest BCUT2D eigenvalue weighted by molar-refractivity contribution is 9.10. The second kappa shape index (κ2) is 15.9. The maximum Gasteiger partial charge on any atom is 0.252 e. The number of halogens is 3. The van der Waals surface area contributed by atoms with Crippen LogP contribution in [-0.4, -0.2) is 48.0 Å². The third-order valence-corrected chi connectivity index (χ3v) is 9.39. The van der Waals surface area contributed by atoms with Gasteiger partial charge >= 0.3 is 0 Å². The van der Waals surface area contributed by atoms with Gasteiger partial charge in [-0.25, -0.2) is 9.38 Å². The molecule has 2 N–H and O–H groups in total. The minimum atomic E-state index is -1.28. The number of carbonyl (C=O) groups excluding carboxylic acids is 1. The van der Waals surface area contributed by atoms with Crippen LogP contribution in [0.3, 0.4) is 0 Å². The van der Waals surface area contributed by atoms with Gasteiger partial charge in [-0.3, -0.25) is 4.79 Å². The van der Waals surface area contributed by atoms with Crippen molar-refractivity contribution in [3.63, 3.8) is 0 Å². The van der Waals surface area contributed by atoms with E-state index in [0.29, 0.717) is 49.1 Å². The van der Waals surface area contributed by atoms with Gasteiger partial charge in [0.05, 0.1) is 6.61 Å². The number of benzene rings is 4. The standard InChI is InChI=1S/C35H33Br2FN2O4S/c36-28-10-2-24(3-11-28)22-35(34(42)39-18-21-45-23-25-4-14-30(38)15-5-25)32(26-6-12-29(37)13-7-26)44-33(40-35)27-8-16-31(17-9-27)43-20-1-19-41/h2-17,32,41H,1,18-23H2,(H,39,42)/t32-,35-/m1/s1. The summed E-state index contributed by atoms with van der Waals surface area (Å²) in [4.78, 5) is 19.4. The smallest absolute Gasteiger partial charge is 0.252 e. The number of thioether (sulfide) groups is 1. The Balaban J connectivity index is 1.42. The molecule has 0 saturated heterocycles. The van der Waals surface area contributed by atoms with Gasteiger partial charge in [0.1, 0.15) is 11.6 Å². The molecule has 0 saturated carbocycles. The van der Waals surface area contributed by atoms with E-state index in [-0.39, 0.29) is 18.3 Å². The molecule has 6 nitrogen and oxygen atoms in total. The van der Waals surface area contributed by atoms with Crippen LogP contribution in [0.5, 0.6) is 5.75 Å². The molecule has 0 aliphatic carbocycles. The van der Waals surface area contributed by atoms with Gasteiger partial charge in [0, 0.05) is 52.0 Å². The fourth-order valence-electron chi connectivity index (χ4n) is 4.99. The molecular weight excluding hydrogens is 723 g/mol. The lowest BCUT2D eigenvalue weighted by Gasteiger charge is -2.31. The molecule has 4 aromatic rings. The molecule has 0 aromatic heterocycles. The summed E-state index contributed by atoms with van der Waals surface area (Å²) in [6, 6.07) is 29.5. The van der Waals surface area contributed by atoms with Gasteiger partial charge in [0.15, 0.2) is 11.6 Å². The Bertz CT molecular complexity index is 1590. The molecule has 234 valence electrons. The van der Waals surface area contributed by atoms with Crippen LogP contribution in [0.1, 0.15) is 34.8 Å². The summed E-state index contributed by atoms with van der Waals surface area (Å²) in [6.07, 6.45) is 0.184. The number of nitrogens with one attached hydrogen (secondary N) is 1. The molecule has 1 aliphatic heterocycles. The summed E-state index contributed by atoms with van der Waals surface area (Å²) in [6.45, 7) is 0.914. The van der Waals surface area contributed by atoms with E-state index in [9.17, 15) is 9.18 Å². The predicted molar refractivity (Wildman–Crippen MR) is 184 cm³/mol. The van der Waals surface area contributed by atoms with Crippen molar-refractivity contribution in [3.05, 3.63) is 134 Å². The SMILES string of the molecule is O=C(NCCSCc1ccc(F)cc1)[C@]1(Cc2ccc(Br)cc2)N=C(c2ccc(OCCCO)cc2)O[C@@H]1c1ccc(Br)cc1. The fraction of sp³-hybridized carbons (Fsp3) is 0.257. The van der Waals surface area contributed by atoms with E-state index in [1.54, 1.807) is 23.9 Å². The minimum Gasteiger partial charge on any atom is -0.494 e. The summed E-state index contributed by atoms with van der Waals surface area (Å²) in [5.74, 6) is 1.96. The second-order valence-corrected chi connectivity index (χ2v) is 13.5. The molecule has 0 spiro atoms. The zero-order valence-corrected chi connectivity index (χ0v) is 28.4. The number of ether oxygens (including phenoxy) is 2. The van der Waals surface area contributed by atoms with Crippen molar-refractivity contribution in [2.24, 2.45) is 4.99 Å². The van der Waals surface area contributed by atoms with Gasteiger partial charge in [0.2, 0.25) is 5.90 Å². The van der Waals surface area contributed by atoms with Crippen molar-refractivity contribution in [1.29, 1.82) is 0 Å². The van der Waals surface area contributed by atoms with E-state index >= 15 is 0 Å². The lowest BCUT2D eigenvalue weighted by atomic mass is 9.82. The molecule has 45 heavy (non-hydrogen) atoms. The van der Waals surface area contributed by atoms with Gasteiger partial charge in [-0.15, -0.1) is 0 Å². The maximum atomic E-state index is 14.3. The molecule has 0 bridgehead atoms. The van der Waals surface area contributed by atoms with Crippen LogP contribution in [0.4, 0.5) is 4.39 Å². The molecule has 0 fully saturated rings. The fourth-order valence-corrected chi connectivity index (χ4v) is 6.34. The number of aliphatic imine (C=N–C) groups is 1. The van der Waals surface area contributed by atoms with Gasteiger partial charge < -0.3 is 19.9 Å². The average Bonchev–Trinajstić information content (AvgIpc) is 3.44. The first-order valence-corrected chi connectivity index (χ1v) is 17.3. The van der Waals surface area contributed by atoms with Crippen molar-refractivity contribution in [1.82, 2.24) is 5.32 Å². The molecule has 2 atom stereocenters. The van der Waals surface area contributed by atoms with E-state index < -0.39 is 11.6 Å². The Kier molecular flexibility index (Phi) is 11.7. The third kappa shape index (κ3) is 8.76. The van der Waals surface area contributed by atoms with Crippen LogP contribution in [-0.2, 0) is 21.7 Å². The lowest BCUT2D eigenvalue weighted by Crippen LogP contribution is -2.50. The number of aliphatic hydroxyl groups excluding tert-OH is 1. The molecule has 5 rings (SSSR count). The van der Waals surface area contributed by atoms with Crippen LogP contribution in [0.15, 0.2) is 111 Å². The lowest BCUT2D eigenvalue weighted by molar-refractivity contribution is -0.128. The van der Waals surface area contributed by atoms with Gasteiger partial charge in [-0.2, -0.15) is 11.8 Å². The van der Waals surface area contributed by atoms with Crippen LogP contribution < -0.4 is 10.1 Å². The Morgan fingerprint density at radius 3 is 2.24 bits per heavy atom. The van der Waals surface area contributed by atoms with Crippen LogP contribution in [0.2, 0.25) is 0 Å². The number of rotatable bonds is 14. The Morgan fingerprint density at radius 1 is 0.933 bits per heavy atom. The molecule has 0 radical (unpaired) electrons. The average molecular weight is 757 g/mol. The van der Waals surface area contributed by atoms with Gasteiger partial charge in [0.25, 0.3) is 5.91 Å². The number of amides is 1. The molecular formula is C35H33Br2FN2O4S. The zero-order chi connectivity index (χ0) is 31.6. The third-order valence-electron chi connectivity index (χ3n) is 7.30. The first-order chi connectivity index (χ1) is 21.9. The molecule has 4 aromatic carbocycles. The molecule has 10 heteroatoms. The van der Waals surface area contributed by atoms with Crippen molar-refractivity contribution in [2.75, 3.05) is 25.5 Å². The minimum absolute atomic E-state index is 0.0651.